The van der Waals surface area contributed by atoms with E-state index in [1.54, 1.807) is 0 Å². The highest BCUT2D eigenvalue weighted by molar-refractivity contribution is 5.69. The van der Waals surface area contributed by atoms with Crippen LogP contribution in [-0.2, 0) is 16.1 Å². The summed E-state index contributed by atoms with van der Waals surface area (Å²) in [6.45, 7) is 1.89. The molecule has 1 fully saturated rings. The maximum Gasteiger partial charge on any atom is 0.421 e. The molecule has 24 heavy (non-hydrogen) atoms. The van der Waals surface area contributed by atoms with Crippen LogP contribution in [-0.4, -0.2) is 48.4 Å². The van der Waals surface area contributed by atoms with E-state index in [-0.39, 0.29) is 6.04 Å². The van der Waals surface area contributed by atoms with Gasteiger partial charge in [-0.2, -0.15) is 0 Å². The Bertz CT molecular complexity index is 592. The summed E-state index contributed by atoms with van der Waals surface area (Å²) in [5, 5.41) is 0. The largest absolute Gasteiger partial charge is 0.452 e. The van der Waals surface area contributed by atoms with E-state index in [4.69, 9.17) is 4.74 Å². The van der Waals surface area contributed by atoms with Gasteiger partial charge in [-0.25, -0.2) is 9.69 Å². The Hall–Kier alpha value is -2.32. The standard InChI is InChI=1S/C19H24N2O3/c1-24-19(23)21(16-17-8-3-2-4-9-17)14-7-13-20-12-6-5-10-18(20)11-15-22/h2-4,8-9,15,18H,5-6,10-13,16H2,1H3. The Morgan fingerprint density at radius 3 is 2.88 bits per heavy atom. The highest BCUT2D eigenvalue weighted by Gasteiger charge is 2.21. The van der Waals surface area contributed by atoms with Crippen LogP contribution >= 0.6 is 0 Å². The van der Waals surface area contributed by atoms with E-state index in [1.165, 1.54) is 12.0 Å². The summed E-state index contributed by atoms with van der Waals surface area (Å²) in [6.07, 6.45) is 4.38. The number of rotatable bonds is 5. The number of aldehydes is 1. The maximum atomic E-state index is 11.9. The fourth-order valence-electron chi connectivity index (χ4n) is 2.90. The fraction of sp³-hybridized carbons (Fsp3) is 0.474. The second kappa shape index (κ2) is 9.74. The van der Waals surface area contributed by atoms with Crippen LogP contribution in [0.1, 0.15) is 31.2 Å². The second-order valence-corrected chi connectivity index (χ2v) is 5.85. The molecule has 1 amide bonds. The van der Waals surface area contributed by atoms with Gasteiger partial charge in [0.05, 0.1) is 20.2 Å². The monoisotopic (exact) mass is 328 g/mol. The Morgan fingerprint density at radius 1 is 1.38 bits per heavy atom. The van der Waals surface area contributed by atoms with Crippen molar-refractivity contribution in [1.82, 2.24) is 9.80 Å². The van der Waals surface area contributed by atoms with Crippen LogP contribution in [0.4, 0.5) is 4.79 Å². The fourth-order valence-corrected chi connectivity index (χ4v) is 2.90. The molecule has 0 saturated carbocycles. The van der Waals surface area contributed by atoms with Crippen molar-refractivity contribution in [2.24, 2.45) is 0 Å². The molecule has 0 aromatic heterocycles. The molecular formula is C19H24N2O3. The average Bonchev–Trinajstić information content (AvgIpc) is 2.62. The van der Waals surface area contributed by atoms with Crippen molar-refractivity contribution >= 4 is 12.4 Å². The molecule has 128 valence electrons. The summed E-state index contributed by atoms with van der Waals surface area (Å²) in [6, 6.07) is 12.9. The van der Waals surface area contributed by atoms with Gasteiger partial charge in [-0.15, -0.1) is 0 Å². The second-order valence-electron chi connectivity index (χ2n) is 5.85. The quantitative estimate of drug-likeness (QED) is 0.474. The summed E-state index contributed by atoms with van der Waals surface area (Å²) < 4.78 is 4.81. The van der Waals surface area contributed by atoms with Gasteiger partial charge < -0.3 is 9.53 Å². The molecule has 2 rings (SSSR count). The minimum absolute atomic E-state index is 0.270. The average molecular weight is 328 g/mol. The molecule has 0 bridgehead atoms. The number of carbonyl (C=O) groups is 2. The third-order valence-electron chi connectivity index (χ3n) is 4.19. The van der Waals surface area contributed by atoms with E-state index in [9.17, 15) is 9.59 Å². The minimum atomic E-state index is -0.463. The number of hydrogen-bond donors (Lipinski definition) is 0. The molecule has 5 nitrogen and oxygen atoms in total. The van der Waals surface area contributed by atoms with Crippen molar-refractivity contribution in [3.63, 3.8) is 0 Å². The third kappa shape index (κ3) is 5.39. The maximum absolute atomic E-state index is 11.9. The molecule has 1 aromatic rings. The number of piperidine rings is 1. The lowest BCUT2D eigenvalue weighted by Gasteiger charge is -2.33. The zero-order valence-electron chi connectivity index (χ0n) is 14.1. The van der Waals surface area contributed by atoms with Crippen molar-refractivity contribution < 1.29 is 14.3 Å². The van der Waals surface area contributed by atoms with E-state index < -0.39 is 6.09 Å². The molecule has 0 spiro atoms. The lowest BCUT2D eigenvalue weighted by molar-refractivity contribution is -0.109. The summed E-state index contributed by atoms with van der Waals surface area (Å²) in [4.78, 5) is 26.3. The third-order valence-corrected chi connectivity index (χ3v) is 4.19. The van der Waals surface area contributed by atoms with Crippen LogP contribution in [0.15, 0.2) is 30.3 Å². The molecule has 0 radical (unpaired) electrons. The van der Waals surface area contributed by atoms with Crippen LogP contribution in [0.3, 0.4) is 0 Å². The van der Waals surface area contributed by atoms with Crippen molar-refractivity contribution in [2.75, 3.05) is 20.2 Å². The summed E-state index contributed by atoms with van der Waals surface area (Å²) >= 11 is 0. The number of likely N-dealkylation sites (tertiary alicyclic amines) is 1. The molecule has 1 atom stereocenters. The van der Waals surface area contributed by atoms with Gasteiger partial charge in [0.25, 0.3) is 0 Å². The highest BCUT2D eigenvalue weighted by Crippen LogP contribution is 2.18. The number of ether oxygens (including phenoxy) is 1. The van der Waals surface area contributed by atoms with E-state index in [2.05, 4.69) is 16.9 Å². The normalized spacial score (nSPS) is 17.5. The lowest BCUT2D eigenvalue weighted by Crippen LogP contribution is -2.40. The Labute approximate surface area is 143 Å². The van der Waals surface area contributed by atoms with Crippen molar-refractivity contribution in [2.45, 2.75) is 38.3 Å². The molecule has 1 aliphatic rings. The van der Waals surface area contributed by atoms with Crippen LogP contribution in [0, 0.1) is 12.0 Å². The zero-order valence-corrected chi connectivity index (χ0v) is 14.1. The number of hydrogen-bond acceptors (Lipinski definition) is 4. The van der Waals surface area contributed by atoms with Crippen molar-refractivity contribution in [1.29, 1.82) is 0 Å². The van der Waals surface area contributed by atoms with Crippen molar-refractivity contribution in [3.8, 4) is 12.0 Å². The van der Waals surface area contributed by atoms with Crippen LogP contribution in [0.5, 0.6) is 0 Å². The van der Waals surface area contributed by atoms with Gasteiger partial charge in [0.1, 0.15) is 6.29 Å². The molecule has 5 heteroatoms. The molecular weight excluding hydrogens is 304 g/mol. The van der Waals surface area contributed by atoms with E-state index in [0.717, 1.165) is 37.7 Å². The van der Waals surface area contributed by atoms with E-state index >= 15 is 0 Å². The van der Waals surface area contributed by atoms with Crippen molar-refractivity contribution in [3.05, 3.63) is 35.9 Å². The van der Waals surface area contributed by atoms with Crippen LogP contribution in [0.2, 0.25) is 0 Å². The van der Waals surface area contributed by atoms with Crippen LogP contribution in [0.25, 0.3) is 0 Å². The molecule has 1 heterocycles. The lowest BCUT2D eigenvalue weighted by atomic mass is 10.00. The highest BCUT2D eigenvalue weighted by atomic mass is 16.5. The zero-order chi connectivity index (χ0) is 17.2. The minimum Gasteiger partial charge on any atom is -0.452 e. The number of nitrogens with zero attached hydrogens (tertiary/aromatic N) is 2. The Morgan fingerprint density at radius 2 is 2.17 bits per heavy atom. The first kappa shape index (κ1) is 18.0. The summed E-state index contributed by atoms with van der Waals surface area (Å²) in [5.74, 6) is 3.06. The smallest absolute Gasteiger partial charge is 0.421 e. The van der Waals surface area contributed by atoms with Gasteiger partial charge >= 0.3 is 6.09 Å². The van der Waals surface area contributed by atoms with E-state index in [0.29, 0.717) is 19.5 Å². The Balaban J connectivity index is 2.00. The number of methoxy groups -OCH3 is 1. The van der Waals surface area contributed by atoms with E-state index in [1.807, 2.05) is 30.3 Å². The first-order chi connectivity index (χ1) is 11.7. The number of benzene rings is 1. The molecule has 1 aromatic carbocycles. The molecule has 1 saturated heterocycles. The first-order valence-corrected chi connectivity index (χ1v) is 8.30. The van der Waals surface area contributed by atoms with Gasteiger partial charge in [-0.3, -0.25) is 4.90 Å². The predicted molar refractivity (Wildman–Crippen MR) is 92.1 cm³/mol. The molecule has 0 N–H and O–H groups in total. The molecule has 1 aliphatic heterocycles. The number of carbonyl (C=O) groups excluding carboxylic acids is 2. The summed E-state index contributed by atoms with van der Waals surface area (Å²) in [5.41, 5.74) is 0.994. The van der Waals surface area contributed by atoms with Gasteiger partial charge in [-0.1, -0.05) is 42.7 Å². The first-order valence-electron chi connectivity index (χ1n) is 8.30. The number of amides is 1. The van der Waals surface area contributed by atoms with Gasteiger partial charge in [-0.05, 0) is 24.9 Å². The summed E-state index contributed by atoms with van der Waals surface area (Å²) in [7, 11) is 1.35. The molecule has 0 aliphatic carbocycles. The van der Waals surface area contributed by atoms with Crippen LogP contribution < -0.4 is 0 Å². The topological polar surface area (TPSA) is 49.9 Å². The van der Waals surface area contributed by atoms with Gasteiger partial charge in [0, 0.05) is 18.5 Å². The molecule has 1 unspecified atom stereocenters. The van der Waals surface area contributed by atoms with Gasteiger partial charge in [0.15, 0.2) is 0 Å². The predicted octanol–water partition coefficient (Wildman–Crippen LogP) is 2.66. The van der Waals surface area contributed by atoms with Gasteiger partial charge in [0.2, 0.25) is 0 Å². The Kier molecular flexibility index (Phi) is 7.31. The SMILES string of the molecule is COC(=O)N(C#CCN1CCCCC1CC=O)Cc1ccccc1.